The maximum absolute atomic E-state index is 10.7. The second-order valence-corrected chi connectivity index (χ2v) is 2.93. The fourth-order valence-corrected chi connectivity index (χ4v) is 1.45. The second-order valence-electron chi connectivity index (χ2n) is 2.93. The summed E-state index contributed by atoms with van der Waals surface area (Å²) in [5.74, 6) is -0.937. The Balaban J connectivity index is 2.39. The lowest BCUT2D eigenvalue weighted by Gasteiger charge is -2.22. The third-order valence-corrected chi connectivity index (χ3v) is 2.07. The van der Waals surface area contributed by atoms with Gasteiger partial charge in [-0.15, -0.1) is 0 Å². The number of aliphatic hydroxyl groups is 1. The molecular weight excluding hydrogens is 148 g/mol. The topological polar surface area (TPSA) is 66.8 Å². The summed E-state index contributed by atoms with van der Waals surface area (Å²) in [5.41, 5.74) is 0. The van der Waals surface area contributed by atoms with Gasteiger partial charge in [-0.25, -0.2) is 4.79 Å². The van der Waals surface area contributed by atoms with Crippen LogP contribution in [-0.4, -0.2) is 22.4 Å². The molecule has 0 amide bonds. The molecular formula is C7H12O4. The van der Waals surface area contributed by atoms with Crippen LogP contribution in [0.4, 0.5) is 0 Å². The highest BCUT2D eigenvalue weighted by molar-refractivity contribution is 5.71. The maximum atomic E-state index is 10.7. The van der Waals surface area contributed by atoms with Gasteiger partial charge in [0.05, 0.1) is 12.0 Å². The molecule has 2 unspecified atom stereocenters. The smallest absolute Gasteiger partial charge is 0.345 e. The van der Waals surface area contributed by atoms with Gasteiger partial charge in [0.2, 0.25) is 0 Å². The van der Waals surface area contributed by atoms with E-state index < -0.39 is 12.1 Å². The van der Waals surface area contributed by atoms with E-state index in [0.29, 0.717) is 12.8 Å². The van der Waals surface area contributed by atoms with Gasteiger partial charge >= 0.3 is 5.97 Å². The molecule has 0 spiro atoms. The molecule has 4 nitrogen and oxygen atoms in total. The molecule has 2 N–H and O–H groups in total. The molecule has 0 aliphatic heterocycles. The molecule has 2 atom stereocenters. The van der Waals surface area contributed by atoms with Crippen molar-refractivity contribution in [1.29, 1.82) is 0 Å². The van der Waals surface area contributed by atoms with E-state index in [1.54, 1.807) is 0 Å². The van der Waals surface area contributed by atoms with E-state index in [4.69, 9.17) is 10.4 Å². The molecule has 0 aromatic heterocycles. The van der Waals surface area contributed by atoms with E-state index in [9.17, 15) is 4.79 Å². The summed E-state index contributed by atoms with van der Waals surface area (Å²) in [6, 6.07) is 0. The Morgan fingerprint density at radius 2 is 2.18 bits per heavy atom. The third kappa shape index (κ3) is 2.17. The van der Waals surface area contributed by atoms with Crippen molar-refractivity contribution < 1.29 is 20.0 Å². The summed E-state index contributed by atoms with van der Waals surface area (Å²) in [6.07, 6.45) is 2.28. The number of hydrogen-bond acceptors (Lipinski definition) is 4. The minimum Gasteiger partial charge on any atom is -0.393 e. The number of rotatable bonds is 1. The van der Waals surface area contributed by atoms with Crippen LogP contribution < -0.4 is 0 Å². The Morgan fingerprint density at radius 1 is 1.45 bits per heavy atom. The lowest BCUT2D eigenvalue weighted by molar-refractivity contribution is -0.240. The van der Waals surface area contributed by atoms with Gasteiger partial charge in [-0.3, -0.25) is 0 Å². The number of aliphatic hydroxyl groups excluding tert-OH is 1. The van der Waals surface area contributed by atoms with E-state index in [1.165, 1.54) is 0 Å². The van der Waals surface area contributed by atoms with E-state index in [0.717, 1.165) is 12.8 Å². The zero-order valence-corrected chi connectivity index (χ0v) is 6.19. The van der Waals surface area contributed by atoms with Gasteiger partial charge in [0, 0.05) is 0 Å². The molecule has 0 aromatic rings. The highest BCUT2D eigenvalue weighted by Crippen LogP contribution is 2.24. The van der Waals surface area contributed by atoms with Crippen molar-refractivity contribution in [3.05, 3.63) is 0 Å². The van der Waals surface area contributed by atoms with Crippen molar-refractivity contribution in [2.45, 2.75) is 31.8 Å². The summed E-state index contributed by atoms with van der Waals surface area (Å²) in [7, 11) is 0. The number of carbonyl (C=O) groups excluding carboxylic acids is 1. The molecule has 0 heterocycles. The van der Waals surface area contributed by atoms with Crippen LogP contribution in [0.5, 0.6) is 0 Å². The molecule has 0 radical (unpaired) electrons. The second kappa shape index (κ2) is 3.69. The monoisotopic (exact) mass is 160 g/mol. The van der Waals surface area contributed by atoms with Crippen LogP contribution >= 0.6 is 0 Å². The summed E-state index contributed by atoms with van der Waals surface area (Å²) < 4.78 is 0. The van der Waals surface area contributed by atoms with Gasteiger partial charge in [-0.05, 0) is 19.3 Å². The van der Waals surface area contributed by atoms with Crippen LogP contribution in [0.2, 0.25) is 0 Å². The minimum atomic E-state index is -0.622. The molecule has 1 rings (SSSR count). The maximum Gasteiger partial charge on any atom is 0.345 e. The van der Waals surface area contributed by atoms with E-state index in [-0.39, 0.29) is 5.92 Å². The summed E-state index contributed by atoms with van der Waals surface area (Å²) >= 11 is 0. The van der Waals surface area contributed by atoms with Crippen LogP contribution in [-0.2, 0) is 9.68 Å². The van der Waals surface area contributed by atoms with Crippen molar-refractivity contribution in [2.24, 2.45) is 5.92 Å². The quantitative estimate of drug-likeness (QED) is 0.434. The molecule has 1 aliphatic carbocycles. The Bertz CT molecular complexity index is 145. The zero-order chi connectivity index (χ0) is 8.27. The lowest BCUT2D eigenvalue weighted by atomic mass is 9.87. The van der Waals surface area contributed by atoms with E-state index >= 15 is 0 Å². The zero-order valence-electron chi connectivity index (χ0n) is 6.19. The first kappa shape index (κ1) is 8.49. The summed E-state index contributed by atoms with van der Waals surface area (Å²) in [4.78, 5) is 14.3. The van der Waals surface area contributed by atoms with Crippen molar-refractivity contribution in [3.63, 3.8) is 0 Å². The molecule has 1 aliphatic rings. The van der Waals surface area contributed by atoms with Gasteiger partial charge in [0.25, 0.3) is 0 Å². The molecule has 0 bridgehead atoms. The van der Waals surface area contributed by atoms with Crippen LogP contribution in [0.25, 0.3) is 0 Å². The van der Waals surface area contributed by atoms with E-state index in [1.807, 2.05) is 0 Å². The Kier molecular flexibility index (Phi) is 2.84. The van der Waals surface area contributed by atoms with Crippen molar-refractivity contribution in [1.82, 2.24) is 0 Å². The van der Waals surface area contributed by atoms with Gasteiger partial charge in [-0.1, -0.05) is 6.42 Å². The Labute approximate surface area is 64.7 Å². The van der Waals surface area contributed by atoms with Crippen LogP contribution in [0.1, 0.15) is 25.7 Å². The van der Waals surface area contributed by atoms with Gasteiger partial charge in [-0.2, -0.15) is 5.26 Å². The van der Waals surface area contributed by atoms with Crippen LogP contribution in [0.15, 0.2) is 0 Å². The average molecular weight is 160 g/mol. The first-order valence-electron chi connectivity index (χ1n) is 3.77. The largest absolute Gasteiger partial charge is 0.393 e. The first-order valence-corrected chi connectivity index (χ1v) is 3.77. The predicted octanol–water partition coefficient (Wildman–Crippen LogP) is 0.554. The van der Waals surface area contributed by atoms with Gasteiger partial charge in [0.1, 0.15) is 0 Å². The molecule has 64 valence electrons. The van der Waals surface area contributed by atoms with Crippen molar-refractivity contribution >= 4 is 5.97 Å². The van der Waals surface area contributed by atoms with Gasteiger partial charge in [0.15, 0.2) is 0 Å². The molecule has 11 heavy (non-hydrogen) atoms. The first-order chi connectivity index (χ1) is 5.24. The molecule has 4 heteroatoms. The van der Waals surface area contributed by atoms with Gasteiger partial charge < -0.3 is 9.99 Å². The van der Waals surface area contributed by atoms with E-state index in [2.05, 4.69) is 4.89 Å². The predicted molar refractivity (Wildman–Crippen MR) is 36.7 cm³/mol. The lowest BCUT2D eigenvalue weighted by Crippen LogP contribution is -2.26. The standard InChI is InChI=1S/C7H12O4/c8-6-3-1-2-5(4-6)7(9)11-10/h5-6,8,10H,1-4H2. The molecule has 0 saturated heterocycles. The Hall–Kier alpha value is -0.610. The minimum absolute atomic E-state index is 0.316. The number of hydrogen-bond donors (Lipinski definition) is 2. The SMILES string of the molecule is O=C(OO)C1CCCC(O)C1. The molecule has 0 aromatic carbocycles. The Morgan fingerprint density at radius 3 is 2.73 bits per heavy atom. The third-order valence-electron chi connectivity index (χ3n) is 2.07. The van der Waals surface area contributed by atoms with Crippen molar-refractivity contribution in [3.8, 4) is 0 Å². The molecule has 1 fully saturated rings. The average Bonchev–Trinajstić information content (AvgIpc) is 2.03. The molecule has 1 saturated carbocycles. The summed E-state index contributed by atoms with van der Waals surface area (Å²) in [5, 5.41) is 17.2. The van der Waals surface area contributed by atoms with Crippen molar-refractivity contribution in [2.75, 3.05) is 0 Å². The number of carbonyl (C=O) groups is 1. The highest BCUT2D eigenvalue weighted by Gasteiger charge is 2.27. The summed E-state index contributed by atoms with van der Waals surface area (Å²) in [6.45, 7) is 0. The highest BCUT2D eigenvalue weighted by atomic mass is 17.1. The van der Waals surface area contributed by atoms with Crippen LogP contribution in [0, 0.1) is 5.92 Å². The van der Waals surface area contributed by atoms with Crippen LogP contribution in [0.3, 0.4) is 0 Å². The fraction of sp³-hybridized carbons (Fsp3) is 0.857. The fourth-order valence-electron chi connectivity index (χ4n) is 1.45. The normalized spacial score (nSPS) is 31.5.